The first-order valence-electron chi connectivity index (χ1n) is 3.18. The van der Waals surface area contributed by atoms with Crippen LogP contribution in [0.4, 0.5) is 0 Å². The third kappa shape index (κ3) is 13.1. The van der Waals surface area contributed by atoms with E-state index in [0.717, 1.165) is 0 Å². The van der Waals surface area contributed by atoms with Crippen molar-refractivity contribution < 1.29 is 61.0 Å². The molecule has 0 unspecified atom stereocenters. The van der Waals surface area contributed by atoms with Crippen LogP contribution in [-0.4, -0.2) is 83.5 Å². The molecule has 0 fully saturated rings. The normalized spacial score (nSPS) is 5.60. The third-order valence-corrected chi connectivity index (χ3v) is 1.39. The molecule has 11 nitrogen and oxygen atoms in total. The van der Waals surface area contributed by atoms with Gasteiger partial charge in [0.2, 0.25) is 0 Å². The maximum atomic E-state index is 10.5. The minimum atomic E-state index is -1.23. The topological polar surface area (TPSA) is 295 Å². The third-order valence-electron chi connectivity index (χ3n) is 1.39. The molecule has 0 radical (unpaired) electrons. The Balaban J connectivity index is -0.0000000180. The average molecular weight is 319 g/mol. The zero-order chi connectivity index (χ0) is 9.14. The molecule has 0 aliphatic carbocycles. The van der Waals surface area contributed by atoms with E-state index in [4.69, 9.17) is 10.2 Å². The summed E-state index contributed by atoms with van der Waals surface area (Å²) in [5, 5.41) is 17.1. The van der Waals surface area contributed by atoms with Gasteiger partial charge in [-0.1, -0.05) is 12.1 Å². The Hall–Kier alpha value is -1.35. The summed E-state index contributed by atoms with van der Waals surface area (Å²) in [7, 11) is 0. The van der Waals surface area contributed by atoms with Gasteiger partial charge in [0, 0.05) is 0 Å². The standard InChI is InChI=1S/C8H6O4.Mg.7H2O.2H/c9-7(10)5-3-1-2-4-6(5)8(11)12;;;;;;;;;;/h1-4H,(H,9,10)(H,11,12);;7*1H2;;/q;+2;;;;;;;;2*-1. The van der Waals surface area contributed by atoms with Crippen LogP contribution in [0, 0.1) is 0 Å². The largest absolute Gasteiger partial charge is 2.00 e. The van der Waals surface area contributed by atoms with Crippen LogP contribution in [0.15, 0.2) is 24.3 Å². The second-order valence-electron chi connectivity index (χ2n) is 2.16. The Morgan fingerprint density at radius 2 is 0.900 bits per heavy atom. The maximum absolute atomic E-state index is 10.5. The SMILES string of the molecule is O.O.O.O.O.O.O.O=C(O)c1ccccc1C(=O)O.[H-].[H-].[Mg+2]. The number of carboxylic acids is 2. The summed E-state index contributed by atoms with van der Waals surface area (Å²) in [6.45, 7) is 0. The van der Waals surface area contributed by atoms with E-state index in [1.807, 2.05) is 0 Å². The van der Waals surface area contributed by atoms with Gasteiger partial charge in [-0.25, -0.2) is 9.59 Å². The van der Waals surface area contributed by atoms with Crippen molar-refractivity contribution in [3.63, 3.8) is 0 Å². The van der Waals surface area contributed by atoms with E-state index in [-0.39, 0.29) is 75.4 Å². The molecule has 0 aliphatic heterocycles. The second kappa shape index (κ2) is 22.8. The second-order valence-corrected chi connectivity index (χ2v) is 2.16. The Morgan fingerprint density at radius 3 is 1.05 bits per heavy atom. The predicted octanol–water partition coefficient (Wildman–Crippen LogP) is -4.85. The molecule has 0 atom stereocenters. The molecule has 20 heavy (non-hydrogen) atoms. The van der Waals surface area contributed by atoms with E-state index in [0.29, 0.717) is 0 Å². The minimum Gasteiger partial charge on any atom is -1.00 e. The van der Waals surface area contributed by atoms with E-state index >= 15 is 0 Å². The van der Waals surface area contributed by atoms with Crippen LogP contribution in [-0.2, 0) is 0 Å². The summed E-state index contributed by atoms with van der Waals surface area (Å²) in [6, 6.07) is 5.48. The van der Waals surface area contributed by atoms with Crippen molar-refractivity contribution in [1.29, 1.82) is 0 Å². The molecule has 0 spiro atoms. The van der Waals surface area contributed by atoms with Crippen molar-refractivity contribution in [2.24, 2.45) is 0 Å². The van der Waals surface area contributed by atoms with Crippen molar-refractivity contribution in [3.8, 4) is 0 Å². The molecule has 0 aromatic heterocycles. The van der Waals surface area contributed by atoms with Crippen LogP contribution in [0.3, 0.4) is 0 Å². The Kier molecular flexibility index (Phi) is 58.4. The average Bonchev–Trinajstić information content (AvgIpc) is 2.04. The van der Waals surface area contributed by atoms with Gasteiger partial charge in [-0.15, -0.1) is 0 Å². The van der Waals surface area contributed by atoms with E-state index in [2.05, 4.69) is 0 Å². The van der Waals surface area contributed by atoms with Gasteiger partial charge in [0.1, 0.15) is 0 Å². The molecule has 1 aromatic rings. The number of benzene rings is 1. The fraction of sp³-hybridized carbons (Fsp3) is 0. The molecule has 1 rings (SSSR count). The van der Waals surface area contributed by atoms with Crippen molar-refractivity contribution in [3.05, 3.63) is 35.4 Å². The number of hydrogen-bond acceptors (Lipinski definition) is 2. The Labute approximate surface area is 132 Å². The zero-order valence-electron chi connectivity index (χ0n) is 12.2. The summed E-state index contributed by atoms with van der Waals surface area (Å²) in [5.41, 5.74) is -0.380. The van der Waals surface area contributed by atoms with Crippen LogP contribution < -0.4 is 0 Å². The minimum absolute atomic E-state index is 0. The van der Waals surface area contributed by atoms with Gasteiger partial charge >= 0.3 is 35.0 Å². The van der Waals surface area contributed by atoms with Crippen LogP contribution in [0.1, 0.15) is 23.6 Å². The molecule has 16 N–H and O–H groups in total. The van der Waals surface area contributed by atoms with Gasteiger partial charge in [-0.3, -0.25) is 0 Å². The summed E-state index contributed by atoms with van der Waals surface area (Å²) >= 11 is 0. The number of carbonyl (C=O) groups is 2. The molecule has 0 saturated heterocycles. The summed E-state index contributed by atoms with van der Waals surface area (Å²) < 4.78 is 0. The molecule has 122 valence electrons. The number of hydrogen-bond donors (Lipinski definition) is 2. The monoisotopic (exact) mass is 318 g/mol. The van der Waals surface area contributed by atoms with Crippen LogP contribution in [0.2, 0.25) is 0 Å². The Bertz CT molecular complexity index is 320. The number of rotatable bonds is 2. The molecule has 0 saturated carbocycles. The van der Waals surface area contributed by atoms with Crippen LogP contribution in [0.25, 0.3) is 0 Å². The van der Waals surface area contributed by atoms with E-state index in [1.54, 1.807) is 0 Å². The number of aromatic carboxylic acids is 2. The molecule has 1 aromatic carbocycles. The fourth-order valence-electron chi connectivity index (χ4n) is 0.856. The van der Waals surface area contributed by atoms with Crippen molar-refractivity contribution >= 4 is 35.0 Å². The molecular formula is C8H22MgO11. The van der Waals surface area contributed by atoms with Gasteiger partial charge in [-0.05, 0) is 12.1 Å². The van der Waals surface area contributed by atoms with Gasteiger partial charge in [0.05, 0.1) is 11.1 Å². The van der Waals surface area contributed by atoms with Crippen LogP contribution in [0.5, 0.6) is 0 Å². The van der Waals surface area contributed by atoms with E-state index < -0.39 is 11.9 Å². The fourth-order valence-corrected chi connectivity index (χ4v) is 0.856. The summed E-state index contributed by atoms with van der Waals surface area (Å²) in [6.07, 6.45) is 0. The predicted molar refractivity (Wildman–Crippen MR) is 73.6 cm³/mol. The van der Waals surface area contributed by atoms with Crippen molar-refractivity contribution in [2.75, 3.05) is 0 Å². The molecule has 0 aliphatic rings. The smallest absolute Gasteiger partial charge is 1.00 e. The molecule has 12 heteroatoms. The quantitative estimate of drug-likeness (QED) is 0.506. The van der Waals surface area contributed by atoms with E-state index in [9.17, 15) is 9.59 Å². The van der Waals surface area contributed by atoms with Crippen LogP contribution >= 0.6 is 0 Å². The number of carboxylic acid groups (broad SMARTS) is 2. The maximum Gasteiger partial charge on any atom is 2.00 e. The van der Waals surface area contributed by atoms with Gasteiger partial charge in [-0.2, -0.15) is 0 Å². The van der Waals surface area contributed by atoms with Crippen molar-refractivity contribution in [2.45, 2.75) is 0 Å². The molecule has 0 amide bonds. The summed E-state index contributed by atoms with van der Waals surface area (Å²) in [5.74, 6) is -2.46. The Morgan fingerprint density at radius 1 is 0.700 bits per heavy atom. The van der Waals surface area contributed by atoms with E-state index in [1.165, 1.54) is 24.3 Å². The van der Waals surface area contributed by atoms with Crippen molar-refractivity contribution in [1.82, 2.24) is 0 Å². The van der Waals surface area contributed by atoms with Gasteiger partial charge < -0.3 is 51.4 Å². The molecule has 0 bridgehead atoms. The van der Waals surface area contributed by atoms with Gasteiger partial charge in [0.15, 0.2) is 0 Å². The first-order chi connectivity index (χ1) is 5.63. The first kappa shape index (κ1) is 51.2. The zero-order valence-corrected chi connectivity index (χ0v) is 11.6. The first-order valence-corrected chi connectivity index (χ1v) is 3.18. The summed E-state index contributed by atoms with van der Waals surface area (Å²) in [4.78, 5) is 20.9. The molecular weight excluding hydrogens is 296 g/mol. The molecule has 0 heterocycles. The van der Waals surface area contributed by atoms with Gasteiger partial charge in [0.25, 0.3) is 0 Å².